The molecule has 0 heterocycles. The van der Waals surface area contributed by atoms with Gasteiger partial charge in [0.1, 0.15) is 5.75 Å². The molecule has 0 spiro atoms. The Kier molecular flexibility index (Phi) is 5.01. The molecule has 0 fully saturated rings. The SMILES string of the molecule is COc1cc(C)c(C(=O)Nc2cccc(NC(C)=O)c2)cc1C. The summed E-state index contributed by atoms with van der Waals surface area (Å²) in [4.78, 5) is 23.6. The highest BCUT2D eigenvalue weighted by atomic mass is 16.5. The highest BCUT2D eigenvalue weighted by Gasteiger charge is 2.12. The fourth-order valence-corrected chi connectivity index (χ4v) is 2.33. The van der Waals surface area contributed by atoms with Crippen LogP contribution in [0.1, 0.15) is 28.4 Å². The van der Waals surface area contributed by atoms with Gasteiger partial charge in [-0.1, -0.05) is 6.07 Å². The highest BCUT2D eigenvalue weighted by molar-refractivity contribution is 6.06. The van der Waals surface area contributed by atoms with Crippen LogP contribution in [0.15, 0.2) is 36.4 Å². The van der Waals surface area contributed by atoms with E-state index in [1.807, 2.05) is 19.9 Å². The van der Waals surface area contributed by atoms with Crippen LogP contribution in [-0.2, 0) is 4.79 Å². The first-order valence-corrected chi connectivity index (χ1v) is 7.25. The minimum Gasteiger partial charge on any atom is -0.496 e. The van der Waals surface area contributed by atoms with E-state index in [-0.39, 0.29) is 11.8 Å². The third-order valence-corrected chi connectivity index (χ3v) is 3.43. The highest BCUT2D eigenvalue weighted by Crippen LogP contribution is 2.23. The molecule has 2 aromatic carbocycles. The molecule has 0 unspecified atom stereocenters. The zero-order valence-electron chi connectivity index (χ0n) is 13.7. The van der Waals surface area contributed by atoms with E-state index in [1.165, 1.54) is 6.92 Å². The van der Waals surface area contributed by atoms with Crippen LogP contribution in [0, 0.1) is 13.8 Å². The Bertz CT molecular complexity index is 754. The number of amides is 2. The van der Waals surface area contributed by atoms with Crippen molar-refractivity contribution in [2.45, 2.75) is 20.8 Å². The molecular weight excluding hydrogens is 292 g/mol. The van der Waals surface area contributed by atoms with Crippen molar-refractivity contribution in [2.75, 3.05) is 17.7 Å². The molecule has 2 amide bonds. The zero-order chi connectivity index (χ0) is 17.0. The lowest BCUT2D eigenvalue weighted by molar-refractivity contribution is -0.114. The number of carbonyl (C=O) groups is 2. The fraction of sp³-hybridized carbons (Fsp3) is 0.222. The number of rotatable bonds is 4. The minimum atomic E-state index is -0.201. The standard InChI is InChI=1S/C18H20N2O3/c1-11-9-17(23-4)12(2)8-16(11)18(22)20-15-7-5-6-14(10-15)19-13(3)21/h5-10H,1-4H3,(H,19,21)(H,20,22). The lowest BCUT2D eigenvalue weighted by atomic mass is 10.0. The number of benzene rings is 2. The van der Waals surface area contributed by atoms with Gasteiger partial charge < -0.3 is 15.4 Å². The molecule has 5 nitrogen and oxygen atoms in total. The fourth-order valence-electron chi connectivity index (χ4n) is 2.33. The average Bonchev–Trinajstić information content (AvgIpc) is 2.48. The number of hydrogen-bond donors (Lipinski definition) is 2. The third-order valence-electron chi connectivity index (χ3n) is 3.43. The van der Waals surface area contributed by atoms with Crippen LogP contribution in [-0.4, -0.2) is 18.9 Å². The molecule has 2 aromatic rings. The minimum absolute atomic E-state index is 0.157. The van der Waals surface area contributed by atoms with Crippen molar-refractivity contribution < 1.29 is 14.3 Å². The molecule has 0 radical (unpaired) electrons. The summed E-state index contributed by atoms with van der Waals surface area (Å²) in [6, 6.07) is 10.7. The van der Waals surface area contributed by atoms with Gasteiger partial charge in [-0.3, -0.25) is 9.59 Å². The lowest BCUT2D eigenvalue weighted by Crippen LogP contribution is -2.14. The molecule has 0 saturated carbocycles. The van der Waals surface area contributed by atoms with E-state index in [4.69, 9.17) is 4.74 Å². The summed E-state index contributed by atoms with van der Waals surface area (Å²) in [7, 11) is 1.61. The first-order chi connectivity index (χ1) is 10.9. The number of nitrogens with one attached hydrogen (secondary N) is 2. The first-order valence-electron chi connectivity index (χ1n) is 7.25. The van der Waals surface area contributed by atoms with Crippen LogP contribution in [0.2, 0.25) is 0 Å². The van der Waals surface area contributed by atoms with Crippen LogP contribution in [0.4, 0.5) is 11.4 Å². The average molecular weight is 312 g/mol. The number of aryl methyl sites for hydroxylation is 2. The molecular formula is C18H20N2O3. The van der Waals surface area contributed by atoms with E-state index in [0.29, 0.717) is 16.9 Å². The number of methoxy groups -OCH3 is 1. The van der Waals surface area contributed by atoms with Crippen molar-refractivity contribution in [3.63, 3.8) is 0 Å². The maximum Gasteiger partial charge on any atom is 0.255 e. The second-order valence-electron chi connectivity index (χ2n) is 5.35. The summed E-state index contributed by atoms with van der Waals surface area (Å²) >= 11 is 0. The van der Waals surface area contributed by atoms with Crippen LogP contribution in [0.25, 0.3) is 0 Å². The first kappa shape index (κ1) is 16.5. The normalized spacial score (nSPS) is 10.1. The number of ether oxygens (including phenoxy) is 1. The Balaban J connectivity index is 2.22. The topological polar surface area (TPSA) is 67.4 Å². The van der Waals surface area contributed by atoms with E-state index in [2.05, 4.69) is 10.6 Å². The van der Waals surface area contributed by atoms with Crippen molar-refractivity contribution in [3.8, 4) is 5.75 Å². The molecule has 23 heavy (non-hydrogen) atoms. The molecule has 120 valence electrons. The van der Waals surface area contributed by atoms with Gasteiger partial charge in [-0.25, -0.2) is 0 Å². The molecule has 2 rings (SSSR count). The zero-order valence-corrected chi connectivity index (χ0v) is 13.7. The van der Waals surface area contributed by atoms with Gasteiger partial charge in [0.15, 0.2) is 0 Å². The maximum atomic E-state index is 12.5. The van der Waals surface area contributed by atoms with E-state index >= 15 is 0 Å². The van der Waals surface area contributed by atoms with Crippen molar-refractivity contribution >= 4 is 23.2 Å². The summed E-state index contributed by atoms with van der Waals surface area (Å²) in [5, 5.41) is 5.53. The summed E-state index contributed by atoms with van der Waals surface area (Å²) in [5.74, 6) is 0.398. The smallest absolute Gasteiger partial charge is 0.255 e. The Morgan fingerprint density at radius 3 is 2.22 bits per heavy atom. The third kappa shape index (κ3) is 4.10. The van der Waals surface area contributed by atoms with Crippen LogP contribution in [0.5, 0.6) is 5.75 Å². The van der Waals surface area contributed by atoms with Crippen molar-refractivity contribution in [1.82, 2.24) is 0 Å². The largest absolute Gasteiger partial charge is 0.496 e. The predicted molar refractivity (Wildman–Crippen MR) is 91.2 cm³/mol. The molecule has 2 N–H and O–H groups in total. The summed E-state index contributed by atoms with van der Waals surface area (Å²) < 4.78 is 5.26. The van der Waals surface area contributed by atoms with Gasteiger partial charge in [0.2, 0.25) is 5.91 Å². The molecule has 0 atom stereocenters. The molecule has 0 bridgehead atoms. The van der Waals surface area contributed by atoms with Gasteiger partial charge in [0, 0.05) is 23.9 Å². The Labute approximate surface area is 135 Å². The maximum absolute atomic E-state index is 12.5. The van der Waals surface area contributed by atoms with Crippen molar-refractivity contribution in [1.29, 1.82) is 0 Å². The second-order valence-corrected chi connectivity index (χ2v) is 5.35. The summed E-state index contributed by atoms with van der Waals surface area (Å²) in [6.45, 7) is 5.20. The summed E-state index contributed by atoms with van der Waals surface area (Å²) in [6.07, 6.45) is 0. The van der Waals surface area contributed by atoms with Gasteiger partial charge in [-0.15, -0.1) is 0 Å². The molecule has 0 aliphatic carbocycles. The van der Waals surface area contributed by atoms with Gasteiger partial charge in [0.05, 0.1) is 7.11 Å². The van der Waals surface area contributed by atoms with Gasteiger partial charge in [-0.2, -0.15) is 0 Å². The van der Waals surface area contributed by atoms with Gasteiger partial charge >= 0.3 is 0 Å². The molecule has 0 aliphatic heterocycles. The Morgan fingerprint density at radius 2 is 1.61 bits per heavy atom. The Morgan fingerprint density at radius 1 is 0.957 bits per heavy atom. The number of hydrogen-bond acceptors (Lipinski definition) is 3. The molecule has 0 saturated heterocycles. The van der Waals surface area contributed by atoms with Crippen molar-refractivity contribution in [2.24, 2.45) is 0 Å². The monoisotopic (exact) mass is 312 g/mol. The Hall–Kier alpha value is -2.82. The quantitative estimate of drug-likeness (QED) is 0.907. The molecule has 0 aliphatic rings. The lowest BCUT2D eigenvalue weighted by Gasteiger charge is -2.12. The van der Waals surface area contributed by atoms with Gasteiger partial charge in [0.25, 0.3) is 5.91 Å². The second kappa shape index (κ2) is 6.96. The predicted octanol–water partition coefficient (Wildman–Crippen LogP) is 3.52. The molecule has 5 heteroatoms. The summed E-state index contributed by atoms with van der Waals surface area (Å²) in [5.41, 5.74) is 3.58. The van der Waals surface area contributed by atoms with E-state index in [1.54, 1.807) is 37.4 Å². The van der Waals surface area contributed by atoms with E-state index in [9.17, 15) is 9.59 Å². The van der Waals surface area contributed by atoms with E-state index in [0.717, 1.165) is 16.9 Å². The van der Waals surface area contributed by atoms with Crippen LogP contribution < -0.4 is 15.4 Å². The van der Waals surface area contributed by atoms with Crippen LogP contribution in [0.3, 0.4) is 0 Å². The van der Waals surface area contributed by atoms with Gasteiger partial charge in [-0.05, 0) is 55.3 Å². The van der Waals surface area contributed by atoms with Crippen LogP contribution >= 0.6 is 0 Å². The number of anilines is 2. The molecule has 0 aromatic heterocycles. The van der Waals surface area contributed by atoms with E-state index < -0.39 is 0 Å². The number of carbonyl (C=O) groups excluding carboxylic acids is 2. The van der Waals surface area contributed by atoms with Crippen molar-refractivity contribution in [3.05, 3.63) is 53.1 Å².